The van der Waals surface area contributed by atoms with Crippen molar-refractivity contribution in [3.8, 4) is 0 Å². The topological polar surface area (TPSA) is 41.1 Å². The van der Waals surface area contributed by atoms with Gasteiger partial charge in [0.2, 0.25) is 5.91 Å². The van der Waals surface area contributed by atoms with Crippen LogP contribution in [0.3, 0.4) is 0 Å². The fourth-order valence-corrected chi connectivity index (χ4v) is 3.21. The first-order valence-corrected chi connectivity index (χ1v) is 7.27. The van der Waals surface area contributed by atoms with Gasteiger partial charge >= 0.3 is 0 Å². The maximum absolute atomic E-state index is 12.1. The average molecular weight is 238 g/mol. The number of nitrogens with one attached hydrogen (secondary N) is 2. The third-order valence-electron chi connectivity index (χ3n) is 4.46. The minimum Gasteiger partial charge on any atom is -0.353 e. The Morgan fingerprint density at radius 2 is 1.53 bits per heavy atom. The first-order chi connectivity index (χ1) is 8.29. The molecule has 17 heavy (non-hydrogen) atoms. The summed E-state index contributed by atoms with van der Waals surface area (Å²) in [7, 11) is 2.02. The van der Waals surface area contributed by atoms with Crippen molar-refractivity contribution in [2.45, 2.75) is 69.9 Å². The molecule has 0 heterocycles. The Balaban J connectivity index is 1.72. The maximum atomic E-state index is 12.1. The van der Waals surface area contributed by atoms with Crippen LogP contribution in [0.4, 0.5) is 0 Å². The maximum Gasteiger partial charge on any atom is 0.223 e. The predicted octanol–water partition coefficient (Wildman–Crippen LogP) is 2.21. The second-order valence-corrected chi connectivity index (χ2v) is 5.68. The molecule has 2 aliphatic carbocycles. The highest BCUT2D eigenvalue weighted by Gasteiger charge is 2.27. The highest BCUT2D eigenvalue weighted by atomic mass is 16.1. The number of hydrogen-bond donors (Lipinski definition) is 2. The minimum absolute atomic E-state index is 0.279. The lowest BCUT2D eigenvalue weighted by Gasteiger charge is -2.30. The Morgan fingerprint density at radius 1 is 0.882 bits per heavy atom. The fourth-order valence-electron chi connectivity index (χ4n) is 3.21. The highest BCUT2D eigenvalue weighted by molar-refractivity contribution is 5.79. The second-order valence-electron chi connectivity index (χ2n) is 5.68. The van der Waals surface area contributed by atoms with Gasteiger partial charge in [0, 0.05) is 18.0 Å². The van der Waals surface area contributed by atoms with Crippen LogP contribution >= 0.6 is 0 Å². The van der Waals surface area contributed by atoms with Gasteiger partial charge < -0.3 is 10.6 Å². The summed E-state index contributed by atoms with van der Waals surface area (Å²) >= 11 is 0. The molecule has 0 radical (unpaired) electrons. The molecule has 2 N–H and O–H groups in total. The first-order valence-electron chi connectivity index (χ1n) is 7.27. The van der Waals surface area contributed by atoms with E-state index in [0.717, 1.165) is 25.7 Å². The predicted molar refractivity (Wildman–Crippen MR) is 69.8 cm³/mol. The Bertz CT molecular complexity index is 241. The van der Waals surface area contributed by atoms with Gasteiger partial charge in [-0.05, 0) is 45.6 Å². The normalized spacial score (nSPS) is 31.1. The van der Waals surface area contributed by atoms with Crippen molar-refractivity contribution in [3.63, 3.8) is 0 Å². The number of hydrogen-bond acceptors (Lipinski definition) is 2. The molecule has 2 rings (SSSR count). The van der Waals surface area contributed by atoms with Gasteiger partial charge in [-0.3, -0.25) is 4.79 Å². The molecule has 1 amide bonds. The standard InChI is InChI=1S/C14H26N2O/c1-15-12-9-7-11(8-10-12)14(17)16-13-5-3-2-4-6-13/h11-13,15H,2-10H2,1H3,(H,16,17). The molecule has 0 aromatic heterocycles. The molecule has 0 aromatic rings. The van der Waals surface area contributed by atoms with Gasteiger partial charge in [0.25, 0.3) is 0 Å². The molecule has 2 saturated carbocycles. The molecule has 0 atom stereocenters. The quantitative estimate of drug-likeness (QED) is 0.791. The molecule has 0 unspecified atom stereocenters. The summed E-state index contributed by atoms with van der Waals surface area (Å²) in [6, 6.07) is 1.10. The van der Waals surface area contributed by atoms with E-state index in [-0.39, 0.29) is 5.92 Å². The van der Waals surface area contributed by atoms with Crippen LogP contribution in [0, 0.1) is 5.92 Å². The van der Waals surface area contributed by atoms with Gasteiger partial charge in [-0.1, -0.05) is 19.3 Å². The van der Waals surface area contributed by atoms with Crippen molar-refractivity contribution in [3.05, 3.63) is 0 Å². The highest BCUT2D eigenvalue weighted by Crippen LogP contribution is 2.25. The van der Waals surface area contributed by atoms with Gasteiger partial charge in [0.05, 0.1) is 0 Å². The molecular weight excluding hydrogens is 212 g/mol. The summed E-state index contributed by atoms with van der Waals surface area (Å²) in [5.74, 6) is 0.605. The number of rotatable bonds is 3. The van der Waals surface area contributed by atoms with Crippen molar-refractivity contribution >= 4 is 5.91 Å². The molecule has 2 aliphatic rings. The van der Waals surface area contributed by atoms with Crippen LogP contribution in [-0.2, 0) is 4.79 Å². The van der Waals surface area contributed by atoms with Crippen molar-refractivity contribution in [2.24, 2.45) is 5.92 Å². The van der Waals surface area contributed by atoms with Crippen LogP contribution in [0.25, 0.3) is 0 Å². The summed E-state index contributed by atoms with van der Waals surface area (Å²) in [5, 5.41) is 6.58. The van der Waals surface area contributed by atoms with E-state index in [0.29, 0.717) is 18.0 Å². The SMILES string of the molecule is CNC1CCC(C(=O)NC2CCCCC2)CC1. The zero-order chi connectivity index (χ0) is 12.1. The van der Waals surface area contributed by atoms with E-state index in [1.165, 1.54) is 32.1 Å². The van der Waals surface area contributed by atoms with Gasteiger partial charge in [-0.25, -0.2) is 0 Å². The van der Waals surface area contributed by atoms with Crippen LogP contribution in [0.5, 0.6) is 0 Å². The van der Waals surface area contributed by atoms with E-state index in [1.54, 1.807) is 0 Å². The fraction of sp³-hybridized carbons (Fsp3) is 0.929. The Hall–Kier alpha value is -0.570. The lowest BCUT2D eigenvalue weighted by atomic mass is 9.85. The van der Waals surface area contributed by atoms with E-state index in [2.05, 4.69) is 10.6 Å². The Morgan fingerprint density at radius 3 is 2.12 bits per heavy atom. The minimum atomic E-state index is 0.279. The number of carbonyl (C=O) groups excluding carboxylic acids is 1. The third-order valence-corrected chi connectivity index (χ3v) is 4.46. The van der Waals surface area contributed by atoms with Crippen LogP contribution in [0.2, 0.25) is 0 Å². The molecule has 3 nitrogen and oxygen atoms in total. The summed E-state index contributed by atoms with van der Waals surface area (Å²) in [6.45, 7) is 0. The van der Waals surface area contributed by atoms with E-state index < -0.39 is 0 Å². The Kier molecular flexibility index (Phi) is 4.84. The number of amides is 1. The molecule has 2 fully saturated rings. The molecule has 3 heteroatoms. The average Bonchev–Trinajstić information content (AvgIpc) is 2.40. The lowest BCUT2D eigenvalue weighted by molar-refractivity contribution is -0.127. The van der Waals surface area contributed by atoms with Crippen molar-refractivity contribution in [1.82, 2.24) is 10.6 Å². The van der Waals surface area contributed by atoms with Crippen molar-refractivity contribution in [2.75, 3.05) is 7.05 Å². The summed E-state index contributed by atoms with van der Waals surface area (Å²) in [4.78, 5) is 12.1. The molecule has 0 aromatic carbocycles. The van der Waals surface area contributed by atoms with Gasteiger partial charge in [-0.15, -0.1) is 0 Å². The van der Waals surface area contributed by atoms with E-state index in [4.69, 9.17) is 0 Å². The van der Waals surface area contributed by atoms with Crippen LogP contribution in [0.15, 0.2) is 0 Å². The van der Waals surface area contributed by atoms with Gasteiger partial charge in [-0.2, -0.15) is 0 Å². The largest absolute Gasteiger partial charge is 0.353 e. The van der Waals surface area contributed by atoms with E-state index in [1.807, 2.05) is 7.05 Å². The molecule has 0 aliphatic heterocycles. The first kappa shape index (κ1) is 12.9. The van der Waals surface area contributed by atoms with Crippen LogP contribution in [0.1, 0.15) is 57.8 Å². The molecule has 0 spiro atoms. The monoisotopic (exact) mass is 238 g/mol. The third kappa shape index (κ3) is 3.70. The van der Waals surface area contributed by atoms with E-state index in [9.17, 15) is 4.79 Å². The van der Waals surface area contributed by atoms with Gasteiger partial charge in [0.15, 0.2) is 0 Å². The van der Waals surface area contributed by atoms with Crippen molar-refractivity contribution in [1.29, 1.82) is 0 Å². The lowest BCUT2D eigenvalue weighted by Crippen LogP contribution is -2.42. The zero-order valence-electron chi connectivity index (χ0n) is 11.0. The molecular formula is C14H26N2O. The summed E-state index contributed by atoms with van der Waals surface area (Å²) in [5.41, 5.74) is 0. The summed E-state index contributed by atoms with van der Waals surface area (Å²) < 4.78 is 0. The summed E-state index contributed by atoms with van der Waals surface area (Å²) in [6.07, 6.45) is 10.7. The second kappa shape index (κ2) is 6.39. The van der Waals surface area contributed by atoms with Crippen LogP contribution < -0.4 is 10.6 Å². The van der Waals surface area contributed by atoms with Crippen molar-refractivity contribution < 1.29 is 4.79 Å². The smallest absolute Gasteiger partial charge is 0.223 e. The van der Waals surface area contributed by atoms with Gasteiger partial charge in [0.1, 0.15) is 0 Å². The Labute approximate surface area is 105 Å². The molecule has 98 valence electrons. The van der Waals surface area contributed by atoms with Crippen LogP contribution in [-0.4, -0.2) is 25.0 Å². The molecule has 0 saturated heterocycles. The zero-order valence-corrected chi connectivity index (χ0v) is 11.0. The van der Waals surface area contributed by atoms with E-state index >= 15 is 0 Å². The number of carbonyl (C=O) groups is 1. The molecule has 0 bridgehead atoms.